The Morgan fingerprint density at radius 1 is 1.50 bits per heavy atom. The molecule has 2 rings (SSSR count). The van der Waals surface area contributed by atoms with E-state index in [4.69, 9.17) is 0 Å². The molecule has 0 aliphatic carbocycles. The summed E-state index contributed by atoms with van der Waals surface area (Å²) >= 11 is 0. The van der Waals surface area contributed by atoms with Crippen LogP contribution < -0.4 is 5.32 Å². The first-order chi connectivity index (χ1) is 8.81. The van der Waals surface area contributed by atoms with Gasteiger partial charge in [0.05, 0.1) is 5.69 Å². The average Bonchev–Trinajstić information content (AvgIpc) is 2.46. The van der Waals surface area contributed by atoms with Crippen molar-refractivity contribution in [2.24, 2.45) is 5.92 Å². The van der Waals surface area contributed by atoms with Crippen LogP contribution in [-0.2, 0) is 0 Å². The summed E-state index contributed by atoms with van der Waals surface area (Å²) in [5.41, 5.74) is 1.18. The molecular formula is C15H25N3. The molecule has 3 nitrogen and oxygen atoms in total. The highest BCUT2D eigenvalue weighted by Gasteiger charge is 2.20. The van der Waals surface area contributed by atoms with E-state index in [1.165, 1.54) is 38.2 Å². The average molecular weight is 247 g/mol. The normalized spacial score (nSPS) is 22.1. The van der Waals surface area contributed by atoms with Crippen LogP contribution in [0.15, 0.2) is 24.4 Å². The zero-order valence-corrected chi connectivity index (χ0v) is 11.6. The van der Waals surface area contributed by atoms with Crippen molar-refractivity contribution in [2.45, 2.75) is 32.7 Å². The molecule has 1 aliphatic heterocycles. The molecule has 1 aromatic rings. The Labute approximate surface area is 111 Å². The van der Waals surface area contributed by atoms with E-state index >= 15 is 0 Å². The van der Waals surface area contributed by atoms with Gasteiger partial charge in [0.1, 0.15) is 0 Å². The molecule has 0 bridgehead atoms. The van der Waals surface area contributed by atoms with Crippen LogP contribution >= 0.6 is 0 Å². The first-order valence-corrected chi connectivity index (χ1v) is 7.17. The van der Waals surface area contributed by atoms with Gasteiger partial charge >= 0.3 is 0 Å². The Kier molecular flexibility index (Phi) is 5.14. The van der Waals surface area contributed by atoms with Gasteiger partial charge in [-0.15, -0.1) is 0 Å². The fraction of sp³-hybridized carbons (Fsp3) is 0.667. The van der Waals surface area contributed by atoms with Crippen LogP contribution in [0.1, 0.15) is 38.4 Å². The molecular weight excluding hydrogens is 222 g/mol. The molecule has 0 amide bonds. The van der Waals surface area contributed by atoms with Gasteiger partial charge in [0.15, 0.2) is 0 Å². The van der Waals surface area contributed by atoms with Crippen LogP contribution in [0.2, 0.25) is 0 Å². The maximum Gasteiger partial charge on any atom is 0.0572 e. The lowest BCUT2D eigenvalue weighted by molar-refractivity contribution is 0.168. The Morgan fingerprint density at radius 3 is 3.00 bits per heavy atom. The molecule has 0 radical (unpaired) electrons. The minimum absolute atomic E-state index is 0.415. The summed E-state index contributed by atoms with van der Waals surface area (Å²) in [6, 6.07) is 6.61. The fourth-order valence-electron chi connectivity index (χ4n) is 2.78. The van der Waals surface area contributed by atoms with Gasteiger partial charge in [0.25, 0.3) is 0 Å². The molecule has 1 aromatic heterocycles. The molecule has 1 saturated heterocycles. The minimum Gasteiger partial charge on any atom is -0.316 e. The number of piperidine rings is 1. The van der Waals surface area contributed by atoms with Gasteiger partial charge in [-0.2, -0.15) is 0 Å². The van der Waals surface area contributed by atoms with Crippen molar-refractivity contribution in [3.63, 3.8) is 0 Å². The van der Waals surface area contributed by atoms with Crippen molar-refractivity contribution >= 4 is 0 Å². The van der Waals surface area contributed by atoms with E-state index in [1.54, 1.807) is 0 Å². The summed E-state index contributed by atoms with van der Waals surface area (Å²) in [5.74, 6) is 0.796. The molecule has 100 valence electrons. The highest BCUT2D eigenvalue weighted by molar-refractivity contribution is 5.08. The standard InChI is InChI=1S/C15H25N3/c1-3-18(12-14-7-6-9-16-11-14)13(2)15-8-4-5-10-17-15/h4-5,8,10,13-14,16H,3,6-7,9,11-12H2,1-2H3. The maximum absolute atomic E-state index is 4.48. The van der Waals surface area contributed by atoms with Crippen molar-refractivity contribution in [3.8, 4) is 0 Å². The molecule has 2 heterocycles. The van der Waals surface area contributed by atoms with Gasteiger partial charge in [0.2, 0.25) is 0 Å². The Bertz CT molecular complexity index is 333. The highest BCUT2D eigenvalue weighted by Crippen LogP contribution is 2.21. The van der Waals surface area contributed by atoms with Crippen LogP contribution in [0.3, 0.4) is 0 Å². The second-order valence-corrected chi connectivity index (χ2v) is 5.23. The summed E-state index contributed by atoms with van der Waals surface area (Å²) < 4.78 is 0. The van der Waals surface area contributed by atoms with E-state index in [9.17, 15) is 0 Å². The van der Waals surface area contributed by atoms with Crippen LogP contribution in [0.25, 0.3) is 0 Å². The number of hydrogen-bond donors (Lipinski definition) is 1. The largest absolute Gasteiger partial charge is 0.316 e. The van der Waals surface area contributed by atoms with E-state index < -0.39 is 0 Å². The molecule has 2 atom stereocenters. The predicted octanol–water partition coefficient (Wildman–Crippen LogP) is 2.46. The van der Waals surface area contributed by atoms with Gasteiger partial charge in [-0.3, -0.25) is 9.88 Å². The number of nitrogens with zero attached hydrogens (tertiary/aromatic N) is 2. The lowest BCUT2D eigenvalue weighted by atomic mass is 9.98. The van der Waals surface area contributed by atoms with Crippen molar-refractivity contribution < 1.29 is 0 Å². The van der Waals surface area contributed by atoms with Gasteiger partial charge in [0, 0.05) is 18.8 Å². The fourth-order valence-corrected chi connectivity index (χ4v) is 2.78. The van der Waals surface area contributed by atoms with Crippen molar-refractivity contribution in [1.82, 2.24) is 15.2 Å². The van der Waals surface area contributed by atoms with Gasteiger partial charge < -0.3 is 5.32 Å². The van der Waals surface area contributed by atoms with Crippen LogP contribution in [0.4, 0.5) is 0 Å². The molecule has 1 N–H and O–H groups in total. The Morgan fingerprint density at radius 2 is 2.39 bits per heavy atom. The number of rotatable bonds is 5. The van der Waals surface area contributed by atoms with Crippen molar-refractivity contribution in [1.29, 1.82) is 0 Å². The molecule has 3 heteroatoms. The van der Waals surface area contributed by atoms with Crippen molar-refractivity contribution in [2.75, 3.05) is 26.2 Å². The van der Waals surface area contributed by atoms with E-state index in [2.05, 4.69) is 41.2 Å². The number of pyridine rings is 1. The first-order valence-electron chi connectivity index (χ1n) is 7.17. The van der Waals surface area contributed by atoms with E-state index in [1.807, 2.05) is 12.3 Å². The molecule has 0 saturated carbocycles. The number of nitrogens with one attached hydrogen (secondary N) is 1. The molecule has 18 heavy (non-hydrogen) atoms. The third kappa shape index (κ3) is 3.53. The third-order valence-corrected chi connectivity index (χ3v) is 3.96. The van der Waals surface area contributed by atoms with Crippen LogP contribution in [0.5, 0.6) is 0 Å². The third-order valence-electron chi connectivity index (χ3n) is 3.96. The number of aromatic nitrogens is 1. The monoisotopic (exact) mass is 247 g/mol. The molecule has 1 aliphatic rings. The summed E-state index contributed by atoms with van der Waals surface area (Å²) in [5, 5.41) is 3.50. The molecule has 2 unspecified atom stereocenters. The summed E-state index contributed by atoms with van der Waals surface area (Å²) in [4.78, 5) is 7.02. The van der Waals surface area contributed by atoms with E-state index in [-0.39, 0.29) is 0 Å². The van der Waals surface area contributed by atoms with Gasteiger partial charge in [-0.25, -0.2) is 0 Å². The van der Waals surface area contributed by atoms with Gasteiger partial charge in [-0.1, -0.05) is 13.0 Å². The van der Waals surface area contributed by atoms with E-state index in [0.29, 0.717) is 6.04 Å². The summed E-state index contributed by atoms with van der Waals surface area (Å²) in [6.07, 6.45) is 4.57. The SMILES string of the molecule is CCN(CC1CCCNC1)C(C)c1ccccn1. The summed E-state index contributed by atoms with van der Waals surface area (Å²) in [7, 11) is 0. The Hall–Kier alpha value is -0.930. The Balaban J connectivity index is 1.95. The maximum atomic E-state index is 4.48. The second kappa shape index (κ2) is 6.86. The summed E-state index contributed by atoms with van der Waals surface area (Å²) in [6.45, 7) is 9.15. The van der Waals surface area contributed by atoms with Gasteiger partial charge in [-0.05, 0) is 57.5 Å². The minimum atomic E-state index is 0.415. The smallest absolute Gasteiger partial charge is 0.0572 e. The van der Waals surface area contributed by atoms with Crippen molar-refractivity contribution in [3.05, 3.63) is 30.1 Å². The van der Waals surface area contributed by atoms with E-state index in [0.717, 1.165) is 12.5 Å². The predicted molar refractivity (Wildman–Crippen MR) is 75.5 cm³/mol. The highest BCUT2D eigenvalue weighted by atomic mass is 15.2. The molecule has 0 spiro atoms. The lowest BCUT2D eigenvalue weighted by Gasteiger charge is -2.33. The zero-order chi connectivity index (χ0) is 12.8. The van der Waals surface area contributed by atoms with Crippen LogP contribution in [-0.4, -0.2) is 36.1 Å². The second-order valence-electron chi connectivity index (χ2n) is 5.23. The quantitative estimate of drug-likeness (QED) is 0.866. The first kappa shape index (κ1) is 13.5. The zero-order valence-electron chi connectivity index (χ0n) is 11.6. The number of hydrogen-bond acceptors (Lipinski definition) is 3. The lowest BCUT2D eigenvalue weighted by Crippen LogP contribution is -2.39. The molecule has 1 fully saturated rings. The topological polar surface area (TPSA) is 28.2 Å². The molecule has 0 aromatic carbocycles. The van der Waals surface area contributed by atoms with Crippen LogP contribution in [0, 0.1) is 5.92 Å².